The minimum Gasteiger partial charge on any atom is -0.459 e. The number of nitrogens with zero attached hydrogens (tertiary/aromatic N) is 2. The van der Waals surface area contributed by atoms with E-state index in [2.05, 4.69) is 15.6 Å². The molecule has 0 saturated carbocycles. The number of hydrogen-bond acceptors (Lipinski definition) is 5. The molecule has 7 heteroatoms. The standard InChI is InChI=1S/C22H14N4O3/c23-13-17(21(27)24-14-7-2-1-3-8-14)19-15-9-4-5-10-16(15)20(25-19)26-22(28)18-11-6-12-29-18/h1-12H,(H,24,27)(H,25,26,28). The summed E-state index contributed by atoms with van der Waals surface area (Å²) in [5, 5.41) is 15.0. The normalized spacial score (nSPS) is 13.7. The van der Waals surface area contributed by atoms with Crippen LogP contribution in [0, 0.1) is 11.3 Å². The first kappa shape index (κ1) is 17.9. The maximum Gasteiger partial charge on any atom is 0.292 e. The largest absolute Gasteiger partial charge is 0.459 e. The van der Waals surface area contributed by atoms with Gasteiger partial charge in [0, 0.05) is 16.8 Å². The van der Waals surface area contributed by atoms with Gasteiger partial charge in [-0.3, -0.25) is 9.59 Å². The molecule has 1 aromatic heterocycles. The number of hydrogen-bond donors (Lipinski definition) is 2. The lowest BCUT2D eigenvalue weighted by atomic mass is 10.0. The van der Waals surface area contributed by atoms with E-state index in [1.807, 2.05) is 12.1 Å². The third-order valence-corrected chi connectivity index (χ3v) is 4.25. The fourth-order valence-corrected chi connectivity index (χ4v) is 2.92. The van der Waals surface area contributed by atoms with E-state index in [-0.39, 0.29) is 22.9 Å². The zero-order valence-electron chi connectivity index (χ0n) is 15.0. The van der Waals surface area contributed by atoms with E-state index in [1.165, 1.54) is 12.3 Å². The highest BCUT2D eigenvalue weighted by Crippen LogP contribution is 2.31. The number of aliphatic imine (C=N–C) groups is 1. The maximum atomic E-state index is 12.7. The first-order valence-electron chi connectivity index (χ1n) is 8.71. The van der Waals surface area contributed by atoms with Gasteiger partial charge in [-0.1, -0.05) is 42.5 Å². The number of furan rings is 1. The number of carbonyl (C=O) groups excluding carboxylic acids is 2. The molecule has 1 aliphatic rings. The third-order valence-electron chi connectivity index (χ3n) is 4.25. The van der Waals surface area contributed by atoms with Gasteiger partial charge in [0.15, 0.2) is 5.76 Å². The zero-order chi connectivity index (χ0) is 20.2. The summed E-state index contributed by atoms with van der Waals surface area (Å²) in [6.07, 6.45) is 1.40. The summed E-state index contributed by atoms with van der Waals surface area (Å²) in [6.45, 7) is 0. The lowest BCUT2D eigenvalue weighted by Crippen LogP contribution is -2.29. The predicted molar refractivity (Wildman–Crippen MR) is 107 cm³/mol. The van der Waals surface area contributed by atoms with Crippen molar-refractivity contribution in [2.75, 3.05) is 5.32 Å². The molecule has 140 valence electrons. The fourth-order valence-electron chi connectivity index (χ4n) is 2.92. The molecule has 2 amide bonds. The zero-order valence-corrected chi connectivity index (χ0v) is 15.0. The highest BCUT2D eigenvalue weighted by atomic mass is 16.3. The van der Waals surface area contributed by atoms with Crippen LogP contribution in [0.4, 0.5) is 5.69 Å². The summed E-state index contributed by atoms with van der Waals surface area (Å²) in [4.78, 5) is 29.4. The SMILES string of the molecule is N#CC(C(=O)Nc1ccccc1)=C1N=C(NC(=O)c2ccco2)c2ccccc21. The van der Waals surface area contributed by atoms with Crippen molar-refractivity contribution < 1.29 is 14.0 Å². The van der Waals surface area contributed by atoms with Gasteiger partial charge in [0.25, 0.3) is 11.8 Å². The number of fused-ring (bicyclic) bond motifs is 1. The second kappa shape index (κ2) is 7.66. The molecule has 0 atom stereocenters. The molecule has 0 spiro atoms. The average molecular weight is 382 g/mol. The summed E-state index contributed by atoms with van der Waals surface area (Å²) in [7, 11) is 0. The summed E-state index contributed by atoms with van der Waals surface area (Å²) in [5.74, 6) is -0.676. The molecular weight excluding hydrogens is 368 g/mol. The fraction of sp³-hybridized carbons (Fsp3) is 0. The third kappa shape index (κ3) is 3.55. The van der Waals surface area contributed by atoms with Crippen LogP contribution >= 0.6 is 0 Å². The van der Waals surface area contributed by atoms with Crippen LogP contribution in [-0.2, 0) is 4.79 Å². The Bertz CT molecular complexity index is 1190. The molecule has 4 rings (SSSR count). The van der Waals surface area contributed by atoms with Crippen molar-refractivity contribution in [2.24, 2.45) is 4.99 Å². The number of nitriles is 1. The van der Waals surface area contributed by atoms with E-state index >= 15 is 0 Å². The van der Waals surface area contributed by atoms with Crippen LogP contribution in [-0.4, -0.2) is 17.6 Å². The van der Waals surface area contributed by atoms with Gasteiger partial charge in [-0.05, 0) is 24.3 Å². The van der Waals surface area contributed by atoms with Crippen molar-refractivity contribution in [1.29, 1.82) is 5.26 Å². The predicted octanol–water partition coefficient (Wildman–Crippen LogP) is 3.34. The van der Waals surface area contributed by atoms with Gasteiger partial charge in [-0.15, -0.1) is 0 Å². The van der Waals surface area contributed by atoms with Crippen LogP contribution in [0.5, 0.6) is 0 Å². The highest BCUT2D eigenvalue weighted by Gasteiger charge is 2.27. The summed E-state index contributed by atoms with van der Waals surface area (Å²) >= 11 is 0. The summed E-state index contributed by atoms with van der Waals surface area (Å²) < 4.78 is 5.10. The molecule has 7 nitrogen and oxygen atoms in total. The Kier molecular flexibility index (Phi) is 4.74. The summed E-state index contributed by atoms with van der Waals surface area (Å²) in [6, 6.07) is 20.9. The molecule has 0 saturated heterocycles. The van der Waals surface area contributed by atoms with Gasteiger partial charge in [0.2, 0.25) is 0 Å². The smallest absolute Gasteiger partial charge is 0.292 e. The van der Waals surface area contributed by atoms with E-state index in [1.54, 1.807) is 54.6 Å². The van der Waals surface area contributed by atoms with Crippen molar-refractivity contribution >= 4 is 29.0 Å². The van der Waals surface area contributed by atoms with Crippen LogP contribution < -0.4 is 10.6 Å². The monoisotopic (exact) mass is 382 g/mol. The summed E-state index contributed by atoms with van der Waals surface area (Å²) in [5.41, 5.74) is 1.81. The Morgan fingerprint density at radius 3 is 2.31 bits per heavy atom. The molecule has 0 aliphatic carbocycles. The number of carbonyl (C=O) groups is 2. The van der Waals surface area contributed by atoms with Gasteiger partial charge in [-0.2, -0.15) is 5.26 Å². The Morgan fingerprint density at radius 1 is 0.897 bits per heavy atom. The number of anilines is 1. The molecule has 2 heterocycles. The second-order valence-electron chi connectivity index (χ2n) is 6.09. The number of nitrogens with one attached hydrogen (secondary N) is 2. The Balaban J connectivity index is 1.71. The lowest BCUT2D eigenvalue weighted by Gasteiger charge is -2.06. The molecule has 0 fully saturated rings. The van der Waals surface area contributed by atoms with E-state index in [4.69, 9.17) is 4.42 Å². The molecule has 2 N–H and O–H groups in total. The topological polar surface area (TPSA) is 107 Å². The average Bonchev–Trinajstić information content (AvgIpc) is 3.39. The molecule has 1 aliphatic heterocycles. The van der Waals surface area contributed by atoms with Crippen LogP contribution in [0.2, 0.25) is 0 Å². The molecule has 0 radical (unpaired) electrons. The van der Waals surface area contributed by atoms with Gasteiger partial charge in [-0.25, -0.2) is 4.99 Å². The van der Waals surface area contributed by atoms with E-state index in [0.29, 0.717) is 16.8 Å². The van der Waals surface area contributed by atoms with Crippen molar-refractivity contribution in [1.82, 2.24) is 5.32 Å². The van der Waals surface area contributed by atoms with Gasteiger partial charge in [0.05, 0.1) is 12.0 Å². The Labute approximate surface area is 166 Å². The molecule has 0 unspecified atom stereocenters. The first-order chi connectivity index (χ1) is 14.2. The van der Waals surface area contributed by atoms with E-state index in [0.717, 1.165) is 0 Å². The Hall–Kier alpha value is -4.44. The minimum absolute atomic E-state index is 0.130. The quantitative estimate of drug-likeness (QED) is 0.535. The minimum atomic E-state index is -0.578. The number of para-hydroxylation sites is 1. The van der Waals surface area contributed by atoms with E-state index < -0.39 is 11.8 Å². The van der Waals surface area contributed by atoms with Crippen molar-refractivity contribution in [3.63, 3.8) is 0 Å². The molecule has 29 heavy (non-hydrogen) atoms. The number of rotatable bonds is 3. The molecule has 2 aromatic carbocycles. The Morgan fingerprint density at radius 2 is 1.62 bits per heavy atom. The van der Waals surface area contributed by atoms with Crippen molar-refractivity contribution in [3.8, 4) is 6.07 Å². The van der Waals surface area contributed by atoms with Gasteiger partial charge in [0.1, 0.15) is 17.5 Å². The van der Waals surface area contributed by atoms with Crippen LogP contribution in [0.25, 0.3) is 5.70 Å². The molecule has 0 bridgehead atoms. The maximum absolute atomic E-state index is 12.7. The first-order valence-corrected chi connectivity index (χ1v) is 8.71. The van der Waals surface area contributed by atoms with Crippen molar-refractivity contribution in [3.05, 3.63) is 95.5 Å². The van der Waals surface area contributed by atoms with Crippen LogP contribution in [0.3, 0.4) is 0 Å². The number of amidine groups is 1. The van der Waals surface area contributed by atoms with Gasteiger partial charge >= 0.3 is 0 Å². The van der Waals surface area contributed by atoms with E-state index in [9.17, 15) is 14.9 Å². The van der Waals surface area contributed by atoms with Crippen LogP contribution in [0.15, 0.2) is 88.0 Å². The highest BCUT2D eigenvalue weighted by molar-refractivity contribution is 6.21. The number of benzene rings is 2. The van der Waals surface area contributed by atoms with Gasteiger partial charge < -0.3 is 15.1 Å². The molecule has 3 aromatic rings. The second-order valence-corrected chi connectivity index (χ2v) is 6.09. The van der Waals surface area contributed by atoms with Crippen molar-refractivity contribution in [2.45, 2.75) is 0 Å². The lowest BCUT2D eigenvalue weighted by molar-refractivity contribution is -0.112. The molecular formula is C22H14N4O3. The number of amides is 2. The van der Waals surface area contributed by atoms with Crippen LogP contribution in [0.1, 0.15) is 21.7 Å².